The monoisotopic (exact) mass is 433 g/mol. The number of alkyl halides is 2. The van der Waals surface area contributed by atoms with Gasteiger partial charge < -0.3 is 15.4 Å². The van der Waals surface area contributed by atoms with E-state index in [1.165, 1.54) is 0 Å². The summed E-state index contributed by atoms with van der Waals surface area (Å²) in [6.45, 7) is 2.91. The third kappa shape index (κ3) is 4.30. The number of hydrogen-bond donors (Lipinski definition) is 3. The molecule has 0 aromatic carbocycles. The molecule has 1 heterocycles. The Hall–Kier alpha value is -0.570. The number of hydrogen-bond acceptors (Lipinski definition) is 5. The number of amides is 2. The van der Waals surface area contributed by atoms with Gasteiger partial charge in [-0.25, -0.2) is 4.39 Å². The first-order chi connectivity index (χ1) is 13.3. The van der Waals surface area contributed by atoms with Crippen molar-refractivity contribution < 1.29 is 18.7 Å². The first kappa shape index (κ1) is 20.7. The van der Waals surface area contributed by atoms with E-state index in [1.54, 1.807) is 11.8 Å². The third-order valence-electron chi connectivity index (χ3n) is 6.52. The summed E-state index contributed by atoms with van der Waals surface area (Å²) in [6, 6.07) is 0. The smallest absolute Gasteiger partial charge is 0.247 e. The van der Waals surface area contributed by atoms with Crippen molar-refractivity contribution in [1.29, 1.82) is 0 Å². The Morgan fingerprint density at radius 3 is 2.61 bits per heavy atom. The molecule has 0 radical (unpaired) electrons. The maximum atomic E-state index is 13.7. The van der Waals surface area contributed by atoms with E-state index in [0.717, 1.165) is 32.2 Å². The molecule has 2 bridgehead atoms. The number of carbonyl (C=O) groups excluding carboxylic acids is 2. The van der Waals surface area contributed by atoms with Gasteiger partial charge in [0.1, 0.15) is 18.2 Å². The first-order valence-corrected chi connectivity index (χ1v) is 11.6. The summed E-state index contributed by atoms with van der Waals surface area (Å²) in [4.78, 5) is 24.8. The molecule has 0 aromatic heterocycles. The predicted octanol–water partition coefficient (Wildman–Crippen LogP) is 1.85. The molecule has 4 saturated carbocycles. The summed E-state index contributed by atoms with van der Waals surface area (Å²) < 4.78 is 19.3. The highest BCUT2D eigenvalue weighted by Crippen LogP contribution is 2.55. The topological polar surface area (TPSA) is 79.5 Å². The summed E-state index contributed by atoms with van der Waals surface area (Å²) in [5.41, 5.74) is -0.410. The molecular formula is C19H29ClFN3O3S. The van der Waals surface area contributed by atoms with Crippen LogP contribution in [-0.2, 0) is 14.3 Å². The zero-order chi connectivity index (χ0) is 19.9. The van der Waals surface area contributed by atoms with E-state index < -0.39 is 11.5 Å². The van der Waals surface area contributed by atoms with E-state index in [2.05, 4.69) is 22.9 Å². The van der Waals surface area contributed by atoms with Gasteiger partial charge in [0.05, 0.1) is 11.5 Å². The second-order valence-corrected chi connectivity index (χ2v) is 11.1. The summed E-state index contributed by atoms with van der Waals surface area (Å²) in [5.74, 6) is -0.109. The minimum Gasteiger partial charge on any atom is -0.368 e. The highest BCUT2D eigenvalue weighted by Gasteiger charge is 2.62. The van der Waals surface area contributed by atoms with Crippen molar-refractivity contribution in [3.63, 3.8) is 0 Å². The van der Waals surface area contributed by atoms with Crippen LogP contribution in [0.4, 0.5) is 4.39 Å². The maximum Gasteiger partial charge on any atom is 0.247 e. The third-order valence-corrected chi connectivity index (χ3v) is 8.30. The number of halogens is 2. The van der Waals surface area contributed by atoms with Gasteiger partial charge in [-0.05, 0) is 38.5 Å². The zero-order valence-electron chi connectivity index (χ0n) is 16.1. The van der Waals surface area contributed by atoms with Crippen LogP contribution in [0.3, 0.4) is 0 Å². The van der Waals surface area contributed by atoms with Gasteiger partial charge in [-0.1, -0.05) is 6.92 Å². The molecule has 5 atom stereocenters. The Labute approximate surface area is 174 Å². The van der Waals surface area contributed by atoms with Crippen molar-refractivity contribution in [3.8, 4) is 0 Å². The maximum absolute atomic E-state index is 13.7. The van der Waals surface area contributed by atoms with Crippen molar-refractivity contribution in [1.82, 2.24) is 16.0 Å². The van der Waals surface area contributed by atoms with Gasteiger partial charge in [-0.3, -0.25) is 14.9 Å². The van der Waals surface area contributed by atoms with Crippen LogP contribution in [0.1, 0.15) is 51.9 Å². The molecule has 4 aliphatic carbocycles. The van der Waals surface area contributed by atoms with E-state index in [9.17, 15) is 14.0 Å². The highest BCUT2D eigenvalue weighted by atomic mass is 35.5. The second kappa shape index (κ2) is 7.93. The fourth-order valence-corrected chi connectivity index (χ4v) is 6.44. The number of thioether (sulfide) groups is 1. The van der Waals surface area contributed by atoms with Gasteiger partial charge in [0.25, 0.3) is 0 Å². The van der Waals surface area contributed by atoms with Crippen LogP contribution in [0, 0.1) is 0 Å². The summed E-state index contributed by atoms with van der Waals surface area (Å²) >= 11 is 7.54. The van der Waals surface area contributed by atoms with Crippen LogP contribution in [-0.4, -0.2) is 64.3 Å². The quantitative estimate of drug-likeness (QED) is 0.557. The fourth-order valence-electron chi connectivity index (χ4n) is 5.18. The Balaban J connectivity index is 1.20. The summed E-state index contributed by atoms with van der Waals surface area (Å²) in [7, 11) is 0. The number of fused-ring (bicyclic) bond motifs is 1. The molecule has 6 nitrogen and oxygen atoms in total. The van der Waals surface area contributed by atoms with Crippen molar-refractivity contribution in [3.05, 3.63) is 0 Å². The van der Waals surface area contributed by atoms with Gasteiger partial charge in [-0.2, -0.15) is 0 Å². The lowest BCUT2D eigenvalue weighted by atomic mass is 9.71. The van der Waals surface area contributed by atoms with Crippen LogP contribution in [0.15, 0.2) is 0 Å². The van der Waals surface area contributed by atoms with Crippen molar-refractivity contribution in [2.45, 2.75) is 91.2 Å². The van der Waals surface area contributed by atoms with E-state index in [0.29, 0.717) is 18.1 Å². The average Bonchev–Trinajstić information content (AvgIpc) is 3.29. The lowest BCUT2D eigenvalue weighted by Gasteiger charge is -2.48. The molecule has 0 aromatic rings. The molecule has 0 spiro atoms. The van der Waals surface area contributed by atoms with Crippen LogP contribution in [0.2, 0.25) is 0 Å². The molecule has 158 valence electrons. The minimum atomic E-state index is -1.07. The Bertz CT molecular complexity index is 634. The lowest BCUT2D eigenvalue weighted by molar-refractivity contribution is -0.132. The van der Waals surface area contributed by atoms with E-state index in [1.807, 2.05) is 0 Å². The minimum absolute atomic E-state index is 0.0496. The molecule has 5 rings (SSSR count). The highest BCUT2D eigenvalue weighted by molar-refractivity contribution is 8.01. The molecule has 3 N–H and O–H groups in total. The standard InChI is InChI=1S/C19H29ClFN3O3S/c1-11-7-22-17(28-11)16(26)24-19-5-4-18(9-19,10-19)23-15(25)8-27-12-2-3-13(20)14(21)6-12/h11-14,17,22H,2-10H2,1H3,(H,23,25)(H,24,26). The van der Waals surface area contributed by atoms with Gasteiger partial charge in [-0.15, -0.1) is 23.4 Å². The van der Waals surface area contributed by atoms with Crippen molar-refractivity contribution in [2.75, 3.05) is 13.2 Å². The molecular weight excluding hydrogens is 405 g/mol. The molecule has 28 heavy (non-hydrogen) atoms. The van der Waals surface area contributed by atoms with Crippen molar-refractivity contribution in [2.24, 2.45) is 0 Å². The SMILES string of the molecule is CC1CNC(C(=O)NC23CCC(NC(=O)COC4CCC(Cl)C(F)C4)(C2)C3)S1. The Kier molecular flexibility index (Phi) is 5.86. The van der Waals surface area contributed by atoms with E-state index in [4.69, 9.17) is 16.3 Å². The van der Waals surface area contributed by atoms with Gasteiger partial charge in [0, 0.05) is 29.3 Å². The normalized spacial score (nSPS) is 44.8. The van der Waals surface area contributed by atoms with Crippen molar-refractivity contribution >= 4 is 35.2 Å². The van der Waals surface area contributed by atoms with E-state index in [-0.39, 0.29) is 47.4 Å². The second-order valence-electron chi connectivity index (χ2n) is 8.96. The van der Waals surface area contributed by atoms with Crippen LogP contribution >= 0.6 is 23.4 Å². The summed E-state index contributed by atoms with van der Waals surface area (Å²) in [6.07, 6.45) is 3.51. The van der Waals surface area contributed by atoms with Gasteiger partial charge in [0.15, 0.2) is 0 Å². The molecule has 9 heteroatoms. The van der Waals surface area contributed by atoms with Crippen LogP contribution < -0.4 is 16.0 Å². The Morgan fingerprint density at radius 1 is 1.25 bits per heavy atom. The fraction of sp³-hybridized carbons (Fsp3) is 0.895. The molecule has 1 aliphatic heterocycles. The Morgan fingerprint density at radius 2 is 1.96 bits per heavy atom. The molecule has 5 fully saturated rings. The number of ether oxygens (including phenoxy) is 1. The molecule has 2 amide bonds. The number of carbonyl (C=O) groups is 2. The first-order valence-electron chi connectivity index (χ1n) is 10.2. The number of rotatable bonds is 6. The molecule has 5 unspecified atom stereocenters. The summed E-state index contributed by atoms with van der Waals surface area (Å²) in [5, 5.41) is 9.39. The lowest BCUT2D eigenvalue weighted by Crippen LogP contribution is -2.66. The predicted molar refractivity (Wildman–Crippen MR) is 107 cm³/mol. The van der Waals surface area contributed by atoms with Crippen LogP contribution in [0.25, 0.3) is 0 Å². The zero-order valence-corrected chi connectivity index (χ0v) is 17.7. The number of nitrogens with one attached hydrogen (secondary N) is 3. The van der Waals surface area contributed by atoms with E-state index >= 15 is 0 Å². The average molecular weight is 434 g/mol. The van der Waals surface area contributed by atoms with Gasteiger partial charge >= 0.3 is 0 Å². The molecule has 5 aliphatic rings. The molecule has 1 saturated heterocycles. The van der Waals surface area contributed by atoms with Crippen LogP contribution in [0.5, 0.6) is 0 Å². The largest absolute Gasteiger partial charge is 0.368 e. The van der Waals surface area contributed by atoms with Gasteiger partial charge in [0.2, 0.25) is 11.8 Å².